The van der Waals surface area contributed by atoms with E-state index in [0.29, 0.717) is 18.3 Å². The molecular weight excluding hydrogens is 252 g/mol. The van der Waals surface area contributed by atoms with Crippen LogP contribution >= 0.6 is 11.8 Å². The highest BCUT2D eigenvalue weighted by Crippen LogP contribution is 2.21. The Bertz CT molecular complexity index is 322. The molecule has 1 heterocycles. The SMILES string of the molecule is C=CCC(NC(=O)N1CCSC(CC)C1)C(=O)O. The summed E-state index contributed by atoms with van der Waals surface area (Å²) in [6.45, 7) is 6.95. The average Bonchev–Trinajstić information content (AvgIpc) is 2.38. The molecule has 102 valence electrons. The number of nitrogens with zero attached hydrogens (tertiary/aromatic N) is 1. The van der Waals surface area contributed by atoms with Crippen molar-refractivity contribution in [3.8, 4) is 0 Å². The fraction of sp³-hybridized carbons (Fsp3) is 0.667. The molecule has 1 aliphatic heterocycles. The third-order valence-corrected chi connectivity index (χ3v) is 4.25. The van der Waals surface area contributed by atoms with Crippen LogP contribution in [-0.4, -0.2) is 52.1 Å². The lowest BCUT2D eigenvalue weighted by Gasteiger charge is -2.32. The molecule has 0 aromatic rings. The summed E-state index contributed by atoms with van der Waals surface area (Å²) in [6, 6.07) is -1.17. The van der Waals surface area contributed by atoms with E-state index in [1.807, 2.05) is 11.8 Å². The molecule has 2 unspecified atom stereocenters. The maximum atomic E-state index is 12.0. The molecule has 5 nitrogen and oxygen atoms in total. The smallest absolute Gasteiger partial charge is 0.326 e. The quantitative estimate of drug-likeness (QED) is 0.745. The number of carbonyl (C=O) groups excluding carboxylic acids is 1. The van der Waals surface area contributed by atoms with Gasteiger partial charge in [-0.1, -0.05) is 13.0 Å². The molecule has 2 N–H and O–H groups in total. The Hall–Kier alpha value is -1.17. The van der Waals surface area contributed by atoms with Crippen LogP contribution in [0.3, 0.4) is 0 Å². The molecule has 18 heavy (non-hydrogen) atoms. The zero-order chi connectivity index (χ0) is 13.5. The van der Waals surface area contributed by atoms with Gasteiger partial charge in [-0.3, -0.25) is 0 Å². The summed E-state index contributed by atoms with van der Waals surface area (Å²) in [4.78, 5) is 24.6. The first-order chi connectivity index (χ1) is 8.58. The molecule has 0 bridgehead atoms. The van der Waals surface area contributed by atoms with Crippen molar-refractivity contribution in [3.63, 3.8) is 0 Å². The number of nitrogens with one attached hydrogen (secondary N) is 1. The second-order valence-corrected chi connectivity index (χ2v) is 5.62. The van der Waals surface area contributed by atoms with Crippen LogP contribution in [0.1, 0.15) is 19.8 Å². The van der Waals surface area contributed by atoms with Crippen molar-refractivity contribution in [2.24, 2.45) is 0 Å². The highest BCUT2D eigenvalue weighted by atomic mass is 32.2. The Morgan fingerprint density at radius 2 is 2.39 bits per heavy atom. The Morgan fingerprint density at radius 3 is 2.94 bits per heavy atom. The summed E-state index contributed by atoms with van der Waals surface area (Å²) in [7, 11) is 0. The van der Waals surface area contributed by atoms with Gasteiger partial charge in [0.25, 0.3) is 0 Å². The van der Waals surface area contributed by atoms with Crippen molar-refractivity contribution in [3.05, 3.63) is 12.7 Å². The predicted octanol–water partition coefficient (Wildman–Crippen LogP) is 1.55. The molecule has 0 saturated carbocycles. The molecule has 0 radical (unpaired) electrons. The lowest BCUT2D eigenvalue weighted by Crippen LogP contribution is -2.51. The van der Waals surface area contributed by atoms with Crippen molar-refractivity contribution < 1.29 is 14.7 Å². The summed E-state index contributed by atoms with van der Waals surface area (Å²) in [5.41, 5.74) is 0. The van der Waals surface area contributed by atoms with Crippen LogP contribution in [0.15, 0.2) is 12.7 Å². The van der Waals surface area contributed by atoms with Crippen molar-refractivity contribution in [1.82, 2.24) is 10.2 Å². The largest absolute Gasteiger partial charge is 0.480 e. The second-order valence-electron chi connectivity index (χ2n) is 4.21. The number of carbonyl (C=O) groups is 2. The molecule has 2 atom stereocenters. The van der Waals surface area contributed by atoms with Crippen LogP contribution in [0.25, 0.3) is 0 Å². The van der Waals surface area contributed by atoms with E-state index in [9.17, 15) is 9.59 Å². The lowest BCUT2D eigenvalue weighted by molar-refractivity contribution is -0.139. The molecule has 0 aromatic heterocycles. The number of carboxylic acids is 1. The van der Waals surface area contributed by atoms with Gasteiger partial charge in [0.05, 0.1) is 0 Å². The minimum Gasteiger partial charge on any atom is -0.480 e. The summed E-state index contributed by atoms with van der Waals surface area (Å²) < 4.78 is 0. The summed E-state index contributed by atoms with van der Waals surface area (Å²) in [6.07, 6.45) is 2.75. The summed E-state index contributed by atoms with van der Waals surface area (Å²) in [5, 5.41) is 12.0. The van der Waals surface area contributed by atoms with Gasteiger partial charge < -0.3 is 15.3 Å². The summed E-state index contributed by atoms with van der Waals surface area (Å²) >= 11 is 1.87. The van der Waals surface area contributed by atoms with Gasteiger partial charge in [0.2, 0.25) is 0 Å². The molecule has 1 saturated heterocycles. The van der Waals surface area contributed by atoms with Gasteiger partial charge in [-0.25, -0.2) is 9.59 Å². The fourth-order valence-electron chi connectivity index (χ4n) is 1.78. The molecule has 1 rings (SSSR count). The normalized spacial score (nSPS) is 21.2. The molecule has 2 amide bonds. The van der Waals surface area contributed by atoms with E-state index in [0.717, 1.165) is 12.2 Å². The topological polar surface area (TPSA) is 69.6 Å². The molecule has 1 aliphatic rings. The number of urea groups is 1. The molecule has 0 aromatic carbocycles. The number of carboxylic acid groups (broad SMARTS) is 1. The fourth-order valence-corrected chi connectivity index (χ4v) is 2.96. The molecule has 0 spiro atoms. The Kier molecular flexibility index (Phi) is 6.04. The van der Waals surface area contributed by atoms with Crippen molar-refractivity contribution >= 4 is 23.8 Å². The lowest BCUT2D eigenvalue weighted by atomic mass is 10.2. The molecule has 1 fully saturated rings. The zero-order valence-corrected chi connectivity index (χ0v) is 11.4. The maximum absolute atomic E-state index is 12.0. The number of amides is 2. The Balaban J connectivity index is 2.52. The minimum atomic E-state index is -1.03. The monoisotopic (exact) mass is 272 g/mol. The third kappa shape index (κ3) is 4.25. The second kappa shape index (κ2) is 7.31. The van der Waals surface area contributed by atoms with Crippen LogP contribution in [0.2, 0.25) is 0 Å². The highest BCUT2D eigenvalue weighted by molar-refractivity contribution is 8.00. The molecule has 0 aliphatic carbocycles. The number of rotatable bonds is 5. The van der Waals surface area contributed by atoms with Gasteiger partial charge in [0.1, 0.15) is 6.04 Å². The van der Waals surface area contributed by atoms with E-state index >= 15 is 0 Å². The first-order valence-electron chi connectivity index (χ1n) is 6.09. The van der Waals surface area contributed by atoms with Crippen molar-refractivity contribution in [2.75, 3.05) is 18.8 Å². The average molecular weight is 272 g/mol. The van der Waals surface area contributed by atoms with Crippen LogP contribution in [-0.2, 0) is 4.79 Å². The van der Waals surface area contributed by atoms with Crippen molar-refractivity contribution in [2.45, 2.75) is 31.1 Å². The van der Waals surface area contributed by atoms with Gasteiger partial charge in [-0.2, -0.15) is 11.8 Å². The maximum Gasteiger partial charge on any atom is 0.326 e. The van der Waals surface area contributed by atoms with E-state index in [4.69, 9.17) is 5.11 Å². The van der Waals surface area contributed by atoms with Gasteiger partial charge >= 0.3 is 12.0 Å². The number of thioether (sulfide) groups is 1. The van der Waals surface area contributed by atoms with Gasteiger partial charge in [0.15, 0.2) is 0 Å². The number of aliphatic carboxylic acids is 1. The zero-order valence-electron chi connectivity index (χ0n) is 10.6. The van der Waals surface area contributed by atoms with Gasteiger partial charge in [0, 0.05) is 24.1 Å². The Morgan fingerprint density at radius 1 is 1.67 bits per heavy atom. The third-order valence-electron chi connectivity index (χ3n) is 2.88. The van der Waals surface area contributed by atoms with E-state index in [1.54, 1.807) is 4.90 Å². The predicted molar refractivity (Wildman–Crippen MR) is 72.9 cm³/mol. The standard InChI is InChI=1S/C12H20N2O3S/c1-3-5-10(11(15)16)13-12(17)14-6-7-18-9(4-2)8-14/h3,9-10H,1,4-8H2,2H3,(H,13,17)(H,15,16). The molecular formula is C12H20N2O3S. The van der Waals surface area contributed by atoms with E-state index < -0.39 is 12.0 Å². The van der Waals surface area contributed by atoms with E-state index in [2.05, 4.69) is 18.8 Å². The van der Waals surface area contributed by atoms with Gasteiger partial charge in [-0.05, 0) is 12.8 Å². The van der Waals surface area contributed by atoms with E-state index in [1.165, 1.54) is 6.08 Å². The first kappa shape index (κ1) is 14.9. The minimum absolute atomic E-state index is 0.237. The van der Waals surface area contributed by atoms with Gasteiger partial charge in [-0.15, -0.1) is 6.58 Å². The summed E-state index contributed by atoms with van der Waals surface area (Å²) in [5.74, 6) is -0.118. The van der Waals surface area contributed by atoms with Crippen LogP contribution in [0, 0.1) is 0 Å². The molecule has 6 heteroatoms. The number of hydrogen-bond acceptors (Lipinski definition) is 3. The number of hydrogen-bond donors (Lipinski definition) is 2. The Labute approximate surface area is 112 Å². The van der Waals surface area contributed by atoms with Crippen LogP contribution in [0.5, 0.6) is 0 Å². The first-order valence-corrected chi connectivity index (χ1v) is 7.14. The highest BCUT2D eigenvalue weighted by Gasteiger charge is 2.26. The van der Waals surface area contributed by atoms with E-state index in [-0.39, 0.29) is 12.5 Å². The van der Waals surface area contributed by atoms with Crippen molar-refractivity contribution in [1.29, 1.82) is 0 Å². The van der Waals surface area contributed by atoms with Crippen LogP contribution in [0.4, 0.5) is 4.79 Å². The van der Waals surface area contributed by atoms with Crippen LogP contribution < -0.4 is 5.32 Å².